The second kappa shape index (κ2) is 11.0. The first kappa shape index (κ1) is 19.2. The molecule has 0 rings (SSSR count). The van der Waals surface area contributed by atoms with Gasteiger partial charge in [-0.05, 0) is 6.92 Å². The Hall–Kier alpha value is -1.14. The van der Waals surface area contributed by atoms with Crippen LogP contribution < -0.4 is 0 Å². The third-order valence-electron chi connectivity index (χ3n) is 1.48. The number of ketones is 2. The standard InChI is InChI=1S/2C5H7ClO3/c1-9-5(8)2-4(7)3-6;1-3(7)4(6)5(8)9-2/h2-3H2,1H3;4H,1-2H3. The molecule has 0 heterocycles. The van der Waals surface area contributed by atoms with Crippen LogP contribution in [0.5, 0.6) is 0 Å². The van der Waals surface area contributed by atoms with E-state index in [0.29, 0.717) is 0 Å². The fourth-order valence-electron chi connectivity index (χ4n) is 0.550. The number of Topliss-reactive ketones (excluding diaryl/α,β-unsaturated/α-hetero) is 2. The van der Waals surface area contributed by atoms with E-state index in [2.05, 4.69) is 9.47 Å². The van der Waals surface area contributed by atoms with Gasteiger partial charge in [-0.1, -0.05) is 0 Å². The lowest BCUT2D eigenvalue weighted by molar-refractivity contribution is -0.144. The number of esters is 2. The van der Waals surface area contributed by atoms with Gasteiger partial charge in [-0.3, -0.25) is 14.4 Å². The zero-order valence-corrected chi connectivity index (χ0v) is 11.7. The molecule has 0 bridgehead atoms. The van der Waals surface area contributed by atoms with Crippen molar-refractivity contribution in [3.8, 4) is 0 Å². The van der Waals surface area contributed by atoms with Crippen LogP contribution in [-0.2, 0) is 28.7 Å². The highest BCUT2D eigenvalue weighted by Gasteiger charge is 2.19. The summed E-state index contributed by atoms with van der Waals surface area (Å²) in [6.45, 7) is 1.23. The van der Waals surface area contributed by atoms with Gasteiger partial charge >= 0.3 is 11.9 Å². The minimum absolute atomic E-state index is 0.130. The van der Waals surface area contributed by atoms with Crippen molar-refractivity contribution < 1.29 is 28.7 Å². The van der Waals surface area contributed by atoms with Crippen molar-refractivity contribution in [2.75, 3.05) is 20.1 Å². The molecule has 0 aliphatic rings. The van der Waals surface area contributed by atoms with E-state index in [4.69, 9.17) is 23.2 Å². The zero-order valence-electron chi connectivity index (χ0n) is 10.2. The molecule has 1 atom stereocenters. The summed E-state index contributed by atoms with van der Waals surface area (Å²) >= 11 is 10.3. The van der Waals surface area contributed by atoms with Gasteiger partial charge < -0.3 is 9.47 Å². The van der Waals surface area contributed by atoms with E-state index in [0.717, 1.165) is 0 Å². The Morgan fingerprint density at radius 2 is 1.61 bits per heavy atom. The van der Waals surface area contributed by atoms with Gasteiger partial charge in [0.15, 0.2) is 16.9 Å². The average molecular weight is 301 g/mol. The Morgan fingerprint density at radius 3 is 1.83 bits per heavy atom. The number of hydrogen-bond donors (Lipinski definition) is 0. The minimum Gasteiger partial charge on any atom is -0.469 e. The van der Waals surface area contributed by atoms with Gasteiger partial charge in [0.1, 0.15) is 6.42 Å². The summed E-state index contributed by atoms with van der Waals surface area (Å²) in [6, 6.07) is 0. The highest BCUT2D eigenvalue weighted by atomic mass is 35.5. The quantitative estimate of drug-likeness (QED) is 0.422. The number of alkyl halides is 2. The maximum atomic E-state index is 10.4. The maximum Gasteiger partial charge on any atom is 0.331 e. The number of hydrogen-bond acceptors (Lipinski definition) is 6. The fourth-order valence-corrected chi connectivity index (χ4v) is 0.733. The molecule has 0 aliphatic carbocycles. The van der Waals surface area contributed by atoms with Crippen LogP contribution >= 0.6 is 23.2 Å². The summed E-state index contributed by atoms with van der Waals surface area (Å²) in [7, 11) is 2.41. The Kier molecular flexibility index (Phi) is 11.7. The Balaban J connectivity index is 0. The lowest BCUT2D eigenvalue weighted by Gasteiger charge is -2.00. The normalized spacial score (nSPS) is 10.5. The Bertz CT molecular complexity index is 299. The third kappa shape index (κ3) is 10.0. The molecule has 0 fully saturated rings. The maximum absolute atomic E-state index is 10.4. The summed E-state index contributed by atoms with van der Waals surface area (Å²) in [5.74, 6) is -2.09. The monoisotopic (exact) mass is 300 g/mol. The van der Waals surface area contributed by atoms with Crippen molar-refractivity contribution in [2.45, 2.75) is 18.7 Å². The van der Waals surface area contributed by atoms with Gasteiger partial charge in [-0.25, -0.2) is 4.79 Å². The second-order valence-electron chi connectivity index (χ2n) is 2.92. The first-order chi connectivity index (χ1) is 8.29. The van der Waals surface area contributed by atoms with Crippen molar-refractivity contribution in [2.24, 2.45) is 0 Å². The largest absolute Gasteiger partial charge is 0.469 e. The van der Waals surface area contributed by atoms with Crippen LogP contribution in [0.4, 0.5) is 0 Å². The first-order valence-corrected chi connectivity index (χ1v) is 5.64. The van der Waals surface area contributed by atoms with Gasteiger partial charge in [0.25, 0.3) is 0 Å². The number of carbonyl (C=O) groups is 4. The summed E-state index contributed by atoms with van der Waals surface area (Å²) in [5.41, 5.74) is 0. The summed E-state index contributed by atoms with van der Waals surface area (Å²) in [6.07, 6.45) is -0.222. The van der Waals surface area contributed by atoms with Gasteiger partial charge in [0.05, 0.1) is 20.1 Å². The molecule has 0 spiro atoms. The van der Waals surface area contributed by atoms with E-state index >= 15 is 0 Å². The van der Waals surface area contributed by atoms with E-state index in [1.807, 2.05) is 0 Å². The van der Waals surface area contributed by atoms with Crippen molar-refractivity contribution in [3.05, 3.63) is 0 Å². The average Bonchev–Trinajstić information content (AvgIpc) is 2.36. The van der Waals surface area contributed by atoms with E-state index in [1.165, 1.54) is 21.1 Å². The molecule has 104 valence electrons. The van der Waals surface area contributed by atoms with E-state index < -0.39 is 23.1 Å². The molecule has 0 aromatic heterocycles. The van der Waals surface area contributed by atoms with Gasteiger partial charge in [-0.2, -0.15) is 0 Å². The van der Waals surface area contributed by atoms with Crippen molar-refractivity contribution >= 4 is 46.7 Å². The lowest BCUT2D eigenvalue weighted by Crippen LogP contribution is -2.23. The van der Waals surface area contributed by atoms with Crippen LogP contribution in [0.25, 0.3) is 0 Å². The molecule has 8 heteroatoms. The predicted molar refractivity (Wildman–Crippen MR) is 64.7 cm³/mol. The number of halogens is 2. The van der Waals surface area contributed by atoms with Crippen LogP contribution in [-0.4, -0.2) is 49.0 Å². The molecule has 0 saturated heterocycles. The van der Waals surface area contributed by atoms with Crippen LogP contribution in [0.15, 0.2) is 0 Å². The van der Waals surface area contributed by atoms with Crippen LogP contribution in [0.2, 0.25) is 0 Å². The summed E-state index contributed by atoms with van der Waals surface area (Å²) < 4.78 is 8.39. The van der Waals surface area contributed by atoms with Crippen LogP contribution in [0.3, 0.4) is 0 Å². The second-order valence-corrected chi connectivity index (χ2v) is 3.63. The molecule has 1 unspecified atom stereocenters. The lowest BCUT2D eigenvalue weighted by atomic mass is 10.3. The number of ether oxygens (including phenoxy) is 2. The van der Waals surface area contributed by atoms with E-state index in [-0.39, 0.29) is 18.1 Å². The van der Waals surface area contributed by atoms with Crippen LogP contribution in [0, 0.1) is 0 Å². The third-order valence-corrected chi connectivity index (χ3v) is 2.27. The van der Waals surface area contributed by atoms with E-state index in [9.17, 15) is 19.2 Å². The fraction of sp³-hybridized carbons (Fsp3) is 0.600. The molecule has 18 heavy (non-hydrogen) atoms. The van der Waals surface area contributed by atoms with Gasteiger partial charge in [0, 0.05) is 0 Å². The molecule has 0 aliphatic heterocycles. The zero-order chi connectivity index (χ0) is 14.7. The van der Waals surface area contributed by atoms with Gasteiger partial charge in [0.2, 0.25) is 0 Å². The predicted octanol–water partition coefficient (Wildman–Crippen LogP) is 0.713. The molecular weight excluding hydrogens is 287 g/mol. The minimum atomic E-state index is -1.14. The molecule has 0 aromatic rings. The van der Waals surface area contributed by atoms with Crippen molar-refractivity contribution in [1.29, 1.82) is 0 Å². The molecule has 0 N–H and O–H groups in total. The van der Waals surface area contributed by atoms with E-state index in [1.54, 1.807) is 0 Å². The molecule has 0 radical (unpaired) electrons. The van der Waals surface area contributed by atoms with Crippen molar-refractivity contribution in [3.63, 3.8) is 0 Å². The first-order valence-electron chi connectivity index (χ1n) is 4.66. The Morgan fingerprint density at radius 1 is 1.11 bits per heavy atom. The molecule has 0 amide bonds. The smallest absolute Gasteiger partial charge is 0.331 e. The number of rotatable bonds is 5. The SMILES string of the molecule is COC(=O)C(Cl)C(C)=O.COC(=O)CC(=O)CCl. The molecular formula is C10H14Cl2O6. The molecule has 0 aromatic carbocycles. The Labute approximate surface area is 115 Å². The van der Waals surface area contributed by atoms with Gasteiger partial charge in [-0.15, -0.1) is 23.2 Å². The molecule has 0 saturated carbocycles. The summed E-state index contributed by atoms with van der Waals surface area (Å²) in [4.78, 5) is 41.3. The summed E-state index contributed by atoms with van der Waals surface area (Å²) in [5, 5.41) is -1.14. The highest BCUT2D eigenvalue weighted by molar-refractivity contribution is 6.40. The number of carbonyl (C=O) groups excluding carboxylic acids is 4. The number of methoxy groups -OCH3 is 2. The molecule has 6 nitrogen and oxygen atoms in total. The highest BCUT2D eigenvalue weighted by Crippen LogP contribution is 1.98. The van der Waals surface area contributed by atoms with Crippen molar-refractivity contribution in [1.82, 2.24) is 0 Å². The van der Waals surface area contributed by atoms with Crippen LogP contribution in [0.1, 0.15) is 13.3 Å². The topological polar surface area (TPSA) is 86.7 Å².